The highest BCUT2D eigenvalue weighted by Gasteiger charge is 2.50. The minimum Gasteiger partial charge on any atom is -0.441 e. The molecule has 0 saturated carbocycles. The zero-order chi connectivity index (χ0) is 16.6. The SMILES string of the molecule is CC(=O)OC1NC(=O)C1[C@@H](C)O[Si](C)(C)C(C)(C)C(C)C. The second kappa shape index (κ2) is 6.08. The third-order valence-electron chi connectivity index (χ3n) is 5.19. The van der Waals surface area contributed by atoms with E-state index in [2.05, 4.69) is 46.1 Å². The van der Waals surface area contributed by atoms with Gasteiger partial charge in [-0.1, -0.05) is 27.7 Å². The molecule has 0 aromatic heterocycles. The lowest BCUT2D eigenvalue weighted by atomic mass is 9.93. The predicted molar refractivity (Wildman–Crippen MR) is 84.1 cm³/mol. The van der Waals surface area contributed by atoms with Crippen molar-refractivity contribution in [3.63, 3.8) is 0 Å². The highest BCUT2D eigenvalue weighted by molar-refractivity contribution is 6.74. The Bertz CT molecular complexity index is 420. The Hall–Kier alpha value is -0.883. The van der Waals surface area contributed by atoms with Gasteiger partial charge >= 0.3 is 5.97 Å². The van der Waals surface area contributed by atoms with Crippen molar-refractivity contribution < 1.29 is 18.8 Å². The second-order valence-corrected chi connectivity index (χ2v) is 11.8. The van der Waals surface area contributed by atoms with Gasteiger partial charge in [-0.25, -0.2) is 0 Å². The third kappa shape index (κ3) is 3.66. The van der Waals surface area contributed by atoms with Crippen molar-refractivity contribution in [3.05, 3.63) is 0 Å². The second-order valence-electron chi connectivity index (χ2n) is 7.27. The molecule has 1 aliphatic rings. The molecule has 0 bridgehead atoms. The minimum atomic E-state index is -2.02. The molecule has 1 rings (SSSR count). The average molecular weight is 315 g/mol. The standard InChI is InChI=1S/C15H29NO4Si/c1-9(2)15(5,6)21(7,8)20-10(3)12-13(18)16-14(12)19-11(4)17/h9-10,12,14H,1-8H3,(H,16,18)/t10-,12?,14?/m1/s1. The predicted octanol–water partition coefficient (Wildman–Crippen LogP) is 2.67. The molecule has 0 aromatic carbocycles. The number of esters is 1. The molecule has 0 aliphatic carbocycles. The first-order valence-electron chi connectivity index (χ1n) is 7.55. The summed E-state index contributed by atoms with van der Waals surface area (Å²) in [6.07, 6.45) is -0.820. The van der Waals surface area contributed by atoms with Gasteiger partial charge in [-0.3, -0.25) is 9.59 Å². The summed E-state index contributed by atoms with van der Waals surface area (Å²) in [5, 5.41) is 2.69. The average Bonchev–Trinajstić information content (AvgIpc) is 2.25. The maximum Gasteiger partial charge on any atom is 0.304 e. The van der Waals surface area contributed by atoms with Gasteiger partial charge in [-0.05, 0) is 31.0 Å². The number of carbonyl (C=O) groups excluding carboxylic acids is 2. The number of nitrogens with one attached hydrogen (secondary N) is 1. The third-order valence-corrected chi connectivity index (χ3v) is 9.83. The lowest BCUT2D eigenvalue weighted by Gasteiger charge is -2.47. The van der Waals surface area contributed by atoms with E-state index in [1.54, 1.807) is 0 Å². The smallest absolute Gasteiger partial charge is 0.304 e. The van der Waals surface area contributed by atoms with Crippen LogP contribution in [0.5, 0.6) is 0 Å². The molecule has 6 heteroatoms. The summed E-state index contributed by atoms with van der Waals surface area (Å²) in [5.41, 5.74) is 0. The van der Waals surface area contributed by atoms with Gasteiger partial charge in [0.2, 0.25) is 5.91 Å². The summed E-state index contributed by atoms with van der Waals surface area (Å²) in [5.74, 6) is -0.424. The largest absolute Gasteiger partial charge is 0.441 e. The summed E-state index contributed by atoms with van der Waals surface area (Å²) < 4.78 is 11.4. The molecule has 1 amide bonds. The van der Waals surface area contributed by atoms with Crippen LogP contribution in [0.1, 0.15) is 41.5 Å². The normalized spacial score (nSPS) is 24.3. The Kier molecular flexibility index (Phi) is 5.26. The molecule has 0 aromatic rings. The van der Waals surface area contributed by atoms with Crippen LogP contribution in [-0.4, -0.2) is 32.5 Å². The van der Waals surface area contributed by atoms with Crippen molar-refractivity contribution in [1.82, 2.24) is 5.32 Å². The number of carbonyl (C=O) groups is 2. The van der Waals surface area contributed by atoms with Crippen molar-refractivity contribution in [2.75, 3.05) is 0 Å². The zero-order valence-corrected chi connectivity index (χ0v) is 15.4. The lowest BCUT2D eigenvalue weighted by Crippen LogP contribution is -2.65. The van der Waals surface area contributed by atoms with Gasteiger partial charge in [0.1, 0.15) is 5.92 Å². The molecule has 1 N–H and O–H groups in total. The molecule has 1 heterocycles. The molecule has 1 saturated heterocycles. The Balaban J connectivity index is 2.77. The van der Waals surface area contributed by atoms with Gasteiger partial charge < -0.3 is 14.5 Å². The van der Waals surface area contributed by atoms with Crippen LogP contribution in [0.4, 0.5) is 0 Å². The first kappa shape index (κ1) is 18.2. The van der Waals surface area contributed by atoms with Gasteiger partial charge in [-0.15, -0.1) is 0 Å². The Morgan fingerprint density at radius 3 is 2.19 bits per heavy atom. The van der Waals surface area contributed by atoms with Gasteiger partial charge in [0.05, 0.1) is 6.10 Å². The van der Waals surface area contributed by atoms with Crippen LogP contribution < -0.4 is 5.32 Å². The van der Waals surface area contributed by atoms with Crippen molar-refractivity contribution in [2.24, 2.45) is 11.8 Å². The summed E-state index contributed by atoms with van der Waals surface area (Å²) in [6, 6.07) is 0. The molecule has 0 radical (unpaired) electrons. The van der Waals surface area contributed by atoms with Gasteiger partial charge in [-0.2, -0.15) is 0 Å². The number of β-lactam (4-membered cyclic amide) rings is 1. The monoisotopic (exact) mass is 315 g/mol. The van der Waals surface area contributed by atoms with E-state index in [1.807, 2.05) is 6.92 Å². The van der Waals surface area contributed by atoms with E-state index in [-0.39, 0.29) is 17.0 Å². The minimum absolute atomic E-state index is 0.0818. The topological polar surface area (TPSA) is 64.6 Å². The van der Waals surface area contributed by atoms with Crippen LogP contribution in [0.15, 0.2) is 0 Å². The number of hydrogen-bond donors (Lipinski definition) is 1. The molecule has 0 spiro atoms. The number of ether oxygens (including phenoxy) is 1. The fraction of sp³-hybridized carbons (Fsp3) is 0.867. The van der Waals surface area contributed by atoms with Crippen molar-refractivity contribution in [1.29, 1.82) is 0 Å². The number of rotatable bonds is 6. The maximum atomic E-state index is 11.8. The van der Waals surface area contributed by atoms with E-state index in [9.17, 15) is 9.59 Å². The molecule has 122 valence electrons. The van der Waals surface area contributed by atoms with E-state index in [4.69, 9.17) is 9.16 Å². The van der Waals surface area contributed by atoms with E-state index < -0.39 is 26.4 Å². The summed E-state index contributed by atoms with van der Waals surface area (Å²) in [6.45, 7) is 16.4. The molecular formula is C15H29NO4Si. The van der Waals surface area contributed by atoms with Crippen LogP contribution in [0.3, 0.4) is 0 Å². The van der Waals surface area contributed by atoms with Crippen LogP contribution in [0, 0.1) is 11.8 Å². The fourth-order valence-electron chi connectivity index (χ4n) is 2.49. The van der Waals surface area contributed by atoms with Gasteiger partial charge in [0.25, 0.3) is 0 Å². The Morgan fingerprint density at radius 1 is 1.29 bits per heavy atom. The molecule has 1 aliphatic heterocycles. The summed E-state index contributed by atoms with van der Waals surface area (Å²) >= 11 is 0. The Labute approximate surface area is 128 Å². The van der Waals surface area contributed by atoms with E-state index in [0.29, 0.717) is 5.92 Å². The quantitative estimate of drug-likeness (QED) is 0.465. The fourth-order valence-corrected chi connectivity index (χ4v) is 5.26. The summed E-state index contributed by atoms with van der Waals surface area (Å²) in [7, 11) is -2.02. The Morgan fingerprint density at radius 2 is 1.81 bits per heavy atom. The van der Waals surface area contributed by atoms with Crippen molar-refractivity contribution in [2.45, 2.75) is 72.0 Å². The first-order valence-corrected chi connectivity index (χ1v) is 10.5. The van der Waals surface area contributed by atoms with Gasteiger partial charge in [0, 0.05) is 6.92 Å². The highest BCUT2D eigenvalue weighted by Crippen LogP contribution is 2.45. The van der Waals surface area contributed by atoms with Crippen LogP contribution in [0.2, 0.25) is 18.1 Å². The van der Waals surface area contributed by atoms with Crippen LogP contribution in [-0.2, 0) is 18.8 Å². The molecule has 1 fully saturated rings. The maximum absolute atomic E-state index is 11.8. The molecule has 2 unspecified atom stereocenters. The number of hydrogen-bond acceptors (Lipinski definition) is 4. The van der Waals surface area contributed by atoms with Crippen molar-refractivity contribution >= 4 is 20.2 Å². The molecular weight excluding hydrogens is 286 g/mol. The van der Waals surface area contributed by atoms with Crippen LogP contribution >= 0.6 is 0 Å². The van der Waals surface area contributed by atoms with Gasteiger partial charge in [0.15, 0.2) is 14.5 Å². The van der Waals surface area contributed by atoms with E-state index >= 15 is 0 Å². The molecule has 5 nitrogen and oxygen atoms in total. The number of amides is 1. The molecule has 21 heavy (non-hydrogen) atoms. The van der Waals surface area contributed by atoms with Crippen molar-refractivity contribution in [3.8, 4) is 0 Å². The van der Waals surface area contributed by atoms with E-state index in [0.717, 1.165) is 0 Å². The zero-order valence-electron chi connectivity index (χ0n) is 14.4. The van der Waals surface area contributed by atoms with E-state index in [1.165, 1.54) is 6.92 Å². The lowest BCUT2D eigenvalue weighted by molar-refractivity contribution is -0.173. The first-order chi connectivity index (χ1) is 9.40. The highest BCUT2D eigenvalue weighted by atomic mass is 28.4. The van der Waals surface area contributed by atoms with Crippen LogP contribution in [0.25, 0.3) is 0 Å². The summed E-state index contributed by atoms with van der Waals surface area (Å²) in [4.78, 5) is 22.8. The molecule has 3 atom stereocenters.